The summed E-state index contributed by atoms with van der Waals surface area (Å²) < 4.78 is 0. The van der Waals surface area contributed by atoms with Crippen molar-refractivity contribution in [3.8, 4) is 0 Å². The fraction of sp³-hybridized carbons (Fsp3) is 1.00. The molecule has 0 aromatic heterocycles. The molecular formula is C12H30S2Se4. The van der Waals surface area contributed by atoms with Gasteiger partial charge in [-0.05, 0) is 0 Å². The fourth-order valence-corrected chi connectivity index (χ4v) is 9.70. The third-order valence-electron chi connectivity index (χ3n) is 0.957. The molecule has 6 heteroatoms. The maximum absolute atomic E-state index is 2.28. The Morgan fingerprint density at radius 2 is 0.889 bits per heavy atom. The molecule has 0 fully saturated rings. The zero-order chi connectivity index (χ0) is 14.5. The van der Waals surface area contributed by atoms with Crippen LogP contribution in [0.5, 0.6) is 0 Å². The van der Waals surface area contributed by atoms with Gasteiger partial charge in [-0.1, -0.05) is 0 Å². The fourth-order valence-electron chi connectivity index (χ4n) is 0.500. The monoisotopic (exact) mass is 558 g/mol. The van der Waals surface area contributed by atoms with E-state index in [1.807, 2.05) is 0 Å². The molecule has 0 aliphatic rings. The van der Waals surface area contributed by atoms with Crippen LogP contribution in [0.2, 0.25) is 21.3 Å². The van der Waals surface area contributed by atoms with E-state index in [1.54, 1.807) is 0 Å². The molecule has 0 aliphatic heterocycles. The third kappa shape index (κ3) is 42.8. The van der Waals surface area contributed by atoms with Crippen molar-refractivity contribution >= 4 is 74.3 Å². The van der Waals surface area contributed by atoms with Gasteiger partial charge in [0, 0.05) is 0 Å². The van der Waals surface area contributed by atoms with Gasteiger partial charge in [-0.3, -0.25) is 0 Å². The molecule has 0 radical (unpaired) electrons. The predicted octanol–water partition coefficient (Wildman–Crippen LogP) is 4.78. The second kappa shape index (κ2) is 31.9. The summed E-state index contributed by atoms with van der Waals surface area (Å²) >= 11 is 3.83. The van der Waals surface area contributed by atoms with Crippen LogP contribution in [0.3, 0.4) is 0 Å². The van der Waals surface area contributed by atoms with Gasteiger partial charge in [0.1, 0.15) is 0 Å². The molecule has 0 unspecified atom stereocenters. The van der Waals surface area contributed by atoms with Gasteiger partial charge >= 0.3 is 149 Å². The van der Waals surface area contributed by atoms with Crippen LogP contribution in [0.25, 0.3) is 0 Å². The summed E-state index contributed by atoms with van der Waals surface area (Å²) in [5, 5.41) is 5.65. The Morgan fingerprint density at radius 3 is 1.00 bits per heavy atom. The normalized spacial score (nSPS) is 9.00. The molecule has 0 bridgehead atoms. The summed E-state index contributed by atoms with van der Waals surface area (Å²) in [4.78, 5) is 0. The minimum atomic E-state index is 0.884. The number of hydrogen-bond acceptors (Lipinski definition) is 2. The summed E-state index contributed by atoms with van der Waals surface area (Å²) in [6.07, 6.45) is 0. The molecular weight excluding hydrogens is 524 g/mol. The Bertz CT molecular complexity index is 77.1. The van der Waals surface area contributed by atoms with Gasteiger partial charge in [-0.25, -0.2) is 0 Å². The van der Waals surface area contributed by atoms with Gasteiger partial charge in [0.05, 0.1) is 0 Å². The summed E-state index contributed by atoms with van der Waals surface area (Å²) in [5.41, 5.74) is 0. The number of rotatable bonds is 9. The standard InChI is InChI=1S/2C4H10SSe.C4H10Se2/c3*1-3-5-6-4-2/h3*3-4H2,1-2H3. The second-order valence-electron chi connectivity index (χ2n) is 2.44. The molecule has 0 heterocycles. The van der Waals surface area contributed by atoms with Crippen LogP contribution in [-0.2, 0) is 0 Å². The molecule has 0 saturated carbocycles. The summed E-state index contributed by atoms with van der Waals surface area (Å²) in [6, 6.07) is 0. The van der Waals surface area contributed by atoms with Crippen LogP contribution in [0.4, 0.5) is 0 Å². The third-order valence-corrected chi connectivity index (χ3v) is 18.6. The number of hydrogen-bond donors (Lipinski definition) is 0. The second-order valence-corrected chi connectivity index (χ2v) is 21.4. The Morgan fingerprint density at radius 1 is 0.556 bits per heavy atom. The van der Waals surface area contributed by atoms with Gasteiger partial charge in [-0.2, -0.15) is 0 Å². The first kappa shape index (κ1) is 25.7. The van der Waals surface area contributed by atoms with E-state index in [0.29, 0.717) is 0 Å². The van der Waals surface area contributed by atoms with Crippen molar-refractivity contribution in [3.63, 3.8) is 0 Å². The molecule has 0 aromatic rings. The van der Waals surface area contributed by atoms with Crippen LogP contribution >= 0.6 is 20.4 Å². The van der Waals surface area contributed by atoms with Crippen molar-refractivity contribution in [2.45, 2.75) is 62.8 Å². The van der Waals surface area contributed by atoms with Gasteiger partial charge in [0.2, 0.25) is 0 Å². The van der Waals surface area contributed by atoms with Crippen molar-refractivity contribution in [2.75, 3.05) is 11.5 Å². The van der Waals surface area contributed by atoms with Crippen LogP contribution in [-0.4, -0.2) is 65.4 Å². The molecule has 114 valence electrons. The average molecular weight is 554 g/mol. The van der Waals surface area contributed by atoms with E-state index in [-0.39, 0.29) is 0 Å². The SMILES string of the molecule is CCS[Se]CC.CCS[Se]CC.CC[Se][Se]CC. The van der Waals surface area contributed by atoms with Crippen LogP contribution in [0, 0.1) is 0 Å². The van der Waals surface area contributed by atoms with E-state index in [9.17, 15) is 0 Å². The van der Waals surface area contributed by atoms with Crippen LogP contribution in [0.15, 0.2) is 0 Å². The van der Waals surface area contributed by atoms with E-state index in [1.165, 1.54) is 32.8 Å². The van der Waals surface area contributed by atoms with Crippen LogP contribution < -0.4 is 0 Å². The minimum absolute atomic E-state index is 0.884. The Hall–Kier alpha value is 2.78. The maximum atomic E-state index is 2.28. The summed E-state index contributed by atoms with van der Waals surface area (Å²) in [6.45, 7) is 13.4. The molecule has 18 heavy (non-hydrogen) atoms. The summed E-state index contributed by atoms with van der Waals surface area (Å²) in [7, 11) is 4.14. The molecule has 0 atom stereocenters. The molecule has 0 amide bonds. The Balaban J connectivity index is -0.000000187. The molecule has 0 N–H and O–H groups in total. The Kier molecular flexibility index (Phi) is 45.6. The first-order valence-corrected chi connectivity index (χ1v) is 21.7. The molecule has 0 aliphatic carbocycles. The van der Waals surface area contributed by atoms with E-state index in [4.69, 9.17) is 0 Å². The van der Waals surface area contributed by atoms with E-state index >= 15 is 0 Å². The van der Waals surface area contributed by atoms with Crippen molar-refractivity contribution in [2.24, 2.45) is 0 Å². The molecule has 0 saturated heterocycles. The average Bonchev–Trinajstić information content (AvgIpc) is 2.42. The van der Waals surface area contributed by atoms with Crippen LogP contribution in [0.1, 0.15) is 41.5 Å². The topological polar surface area (TPSA) is 0 Å². The van der Waals surface area contributed by atoms with Crippen molar-refractivity contribution in [3.05, 3.63) is 0 Å². The van der Waals surface area contributed by atoms with Gasteiger partial charge in [-0.15, -0.1) is 0 Å². The first-order valence-electron chi connectivity index (χ1n) is 6.47. The van der Waals surface area contributed by atoms with Crippen molar-refractivity contribution in [1.82, 2.24) is 0 Å². The first-order chi connectivity index (χ1) is 8.74. The quantitative estimate of drug-likeness (QED) is 0.298. The molecule has 0 rings (SSSR count). The zero-order valence-corrected chi connectivity index (χ0v) is 21.2. The Labute approximate surface area is 147 Å². The van der Waals surface area contributed by atoms with Crippen molar-refractivity contribution in [1.29, 1.82) is 0 Å². The van der Waals surface area contributed by atoms with Gasteiger partial charge < -0.3 is 0 Å². The van der Waals surface area contributed by atoms with E-state index in [0.717, 1.165) is 53.9 Å². The molecule has 0 nitrogen and oxygen atoms in total. The zero-order valence-electron chi connectivity index (χ0n) is 12.7. The van der Waals surface area contributed by atoms with Gasteiger partial charge in [0.25, 0.3) is 0 Å². The summed E-state index contributed by atoms with van der Waals surface area (Å²) in [5.74, 6) is 2.60. The molecule has 0 aromatic carbocycles. The van der Waals surface area contributed by atoms with E-state index < -0.39 is 0 Å². The van der Waals surface area contributed by atoms with E-state index in [2.05, 4.69) is 61.9 Å². The molecule has 0 spiro atoms. The van der Waals surface area contributed by atoms with Gasteiger partial charge in [0.15, 0.2) is 0 Å². The predicted molar refractivity (Wildman–Crippen MR) is 101 cm³/mol. The van der Waals surface area contributed by atoms with Crippen molar-refractivity contribution < 1.29 is 0 Å².